The molecule has 0 aliphatic carbocycles. The smallest absolute Gasteiger partial charge is 0.226 e. The first-order valence-corrected chi connectivity index (χ1v) is 7.92. The van der Waals surface area contributed by atoms with Crippen LogP contribution >= 0.6 is 0 Å². The summed E-state index contributed by atoms with van der Waals surface area (Å²) in [6, 6.07) is 4.07. The maximum Gasteiger partial charge on any atom is 0.226 e. The zero-order valence-electron chi connectivity index (χ0n) is 13.8. The van der Waals surface area contributed by atoms with Gasteiger partial charge in [0.2, 0.25) is 5.91 Å². The molecule has 0 spiro atoms. The van der Waals surface area contributed by atoms with E-state index >= 15 is 0 Å². The van der Waals surface area contributed by atoms with Gasteiger partial charge >= 0.3 is 0 Å². The number of benzene rings is 1. The Morgan fingerprint density at radius 2 is 2.30 bits per heavy atom. The van der Waals surface area contributed by atoms with Crippen LogP contribution in [0, 0.1) is 11.7 Å². The number of aromatic hydroxyl groups is 1. The number of likely N-dealkylation sites (tertiary alicyclic amines) is 1. The molecule has 128 valence electrons. The van der Waals surface area contributed by atoms with E-state index in [9.17, 15) is 14.3 Å². The summed E-state index contributed by atoms with van der Waals surface area (Å²) >= 11 is 0. The van der Waals surface area contributed by atoms with E-state index < -0.39 is 11.6 Å². The number of phenolic OH excluding ortho intramolecular Hbond substituents is 1. The number of carbonyl (C=O) groups is 1. The molecule has 0 unspecified atom stereocenters. The predicted octanol–water partition coefficient (Wildman–Crippen LogP) is 1.50. The number of nitrogens with zero attached hydrogens (tertiary/aromatic N) is 2. The van der Waals surface area contributed by atoms with Crippen molar-refractivity contribution in [3.8, 4) is 5.75 Å². The van der Waals surface area contributed by atoms with Gasteiger partial charge in [-0.15, -0.1) is 0 Å². The zero-order chi connectivity index (χ0) is 16.8. The van der Waals surface area contributed by atoms with Crippen molar-refractivity contribution < 1.29 is 19.0 Å². The molecule has 1 atom stereocenters. The summed E-state index contributed by atoms with van der Waals surface area (Å²) in [4.78, 5) is 16.3. The number of methoxy groups -OCH3 is 1. The molecule has 2 rings (SSSR count). The molecule has 1 aromatic carbocycles. The fourth-order valence-electron chi connectivity index (χ4n) is 2.94. The molecular weight excluding hydrogens is 299 g/mol. The van der Waals surface area contributed by atoms with Crippen LogP contribution in [-0.2, 0) is 16.0 Å². The Labute approximate surface area is 136 Å². The van der Waals surface area contributed by atoms with E-state index in [1.165, 1.54) is 12.1 Å². The van der Waals surface area contributed by atoms with Crippen LogP contribution in [0.25, 0.3) is 0 Å². The summed E-state index contributed by atoms with van der Waals surface area (Å²) in [5.41, 5.74) is 0.574. The minimum absolute atomic E-state index is 0.0366. The topological polar surface area (TPSA) is 53.0 Å². The van der Waals surface area contributed by atoms with E-state index in [1.54, 1.807) is 25.1 Å². The lowest BCUT2D eigenvalue weighted by molar-refractivity contribution is -0.129. The number of ether oxygens (including phenoxy) is 1. The van der Waals surface area contributed by atoms with Crippen LogP contribution in [0.5, 0.6) is 5.75 Å². The van der Waals surface area contributed by atoms with E-state index in [1.807, 2.05) is 0 Å². The first kappa shape index (κ1) is 17.7. The number of halogens is 1. The standard InChI is InChI=1S/C17H25FN2O3/c1-19(11-14-5-6-20(12-14)7-8-23-2)17(22)10-13-3-4-16(21)15(18)9-13/h3-4,9,14,21H,5-8,10-12H2,1-2H3/t14-/m1/s1. The van der Waals surface area contributed by atoms with Crippen molar-refractivity contribution in [3.05, 3.63) is 29.6 Å². The minimum atomic E-state index is -0.692. The van der Waals surface area contributed by atoms with Gasteiger partial charge in [-0.1, -0.05) is 6.07 Å². The molecule has 1 aromatic rings. The zero-order valence-corrected chi connectivity index (χ0v) is 13.8. The van der Waals surface area contributed by atoms with Crippen LogP contribution < -0.4 is 0 Å². The second kappa shape index (κ2) is 8.26. The number of carbonyl (C=O) groups excluding carboxylic acids is 1. The third kappa shape index (κ3) is 5.18. The van der Waals surface area contributed by atoms with Gasteiger partial charge in [0.05, 0.1) is 13.0 Å². The Hall–Kier alpha value is -1.66. The van der Waals surface area contributed by atoms with E-state index in [2.05, 4.69) is 4.90 Å². The molecule has 1 amide bonds. The van der Waals surface area contributed by atoms with E-state index in [0.29, 0.717) is 18.0 Å². The predicted molar refractivity (Wildman–Crippen MR) is 85.8 cm³/mol. The molecule has 1 heterocycles. The van der Waals surface area contributed by atoms with Crippen LogP contribution in [0.3, 0.4) is 0 Å². The second-order valence-corrected chi connectivity index (χ2v) is 6.18. The van der Waals surface area contributed by atoms with Gasteiger partial charge in [0, 0.05) is 33.8 Å². The summed E-state index contributed by atoms with van der Waals surface area (Å²) < 4.78 is 18.4. The number of hydrogen-bond donors (Lipinski definition) is 1. The summed E-state index contributed by atoms with van der Waals surface area (Å²) in [6.45, 7) is 4.39. The quantitative estimate of drug-likeness (QED) is 0.826. The lowest BCUT2D eigenvalue weighted by atomic mass is 10.1. The average molecular weight is 324 g/mol. The highest BCUT2D eigenvalue weighted by atomic mass is 19.1. The molecule has 0 radical (unpaired) electrons. The number of amides is 1. The number of hydrogen-bond acceptors (Lipinski definition) is 4. The average Bonchev–Trinajstić information content (AvgIpc) is 2.96. The fourth-order valence-corrected chi connectivity index (χ4v) is 2.94. The van der Waals surface area contributed by atoms with Crippen molar-refractivity contribution in [3.63, 3.8) is 0 Å². The highest BCUT2D eigenvalue weighted by molar-refractivity contribution is 5.78. The van der Waals surface area contributed by atoms with Gasteiger partial charge < -0.3 is 19.6 Å². The third-order valence-corrected chi connectivity index (χ3v) is 4.31. The Balaban J connectivity index is 1.80. The molecule has 23 heavy (non-hydrogen) atoms. The lowest BCUT2D eigenvalue weighted by Gasteiger charge is -2.22. The normalized spacial score (nSPS) is 18.3. The third-order valence-electron chi connectivity index (χ3n) is 4.31. The maximum absolute atomic E-state index is 13.3. The monoisotopic (exact) mass is 324 g/mol. The summed E-state index contributed by atoms with van der Waals surface area (Å²) in [6.07, 6.45) is 1.23. The van der Waals surface area contributed by atoms with Crippen LogP contribution in [0.2, 0.25) is 0 Å². The molecule has 0 aromatic heterocycles. The minimum Gasteiger partial charge on any atom is -0.505 e. The molecular formula is C17H25FN2O3. The first-order chi connectivity index (χ1) is 11.0. The van der Waals surface area contributed by atoms with Gasteiger partial charge in [-0.3, -0.25) is 4.79 Å². The first-order valence-electron chi connectivity index (χ1n) is 7.92. The van der Waals surface area contributed by atoms with Crippen LogP contribution in [0.4, 0.5) is 4.39 Å². The largest absolute Gasteiger partial charge is 0.505 e. The Morgan fingerprint density at radius 1 is 1.52 bits per heavy atom. The maximum atomic E-state index is 13.3. The van der Waals surface area contributed by atoms with Crippen molar-refractivity contribution in [1.29, 1.82) is 0 Å². The summed E-state index contributed by atoms with van der Waals surface area (Å²) in [5.74, 6) is -0.651. The van der Waals surface area contributed by atoms with E-state index in [4.69, 9.17) is 4.74 Å². The summed E-state index contributed by atoms with van der Waals surface area (Å²) in [5, 5.41) is 9.18. The van der Waals surface area contributed by atoms with Crippen molar-refractivity contribution in [2.45, 2.75) is 12.8 Å². The van der Waals surface area contributed by atoms with Gasteiger partial charge in [0.1, 0.15) is 0 Å². The molecule has 6 heteroatoms. The van der Waals surface area contributed by atoms with Gasteiger partial charge in [0.25, 0.3) is 0 Å². The number of phenols is 1. The highest BCUT2D eigenvalue weighted by Crippen LogP contribution is 2.19. The molecule has 1 saturated heterocycles. The van der Waals surface area contributed by atoms with E-state index in [0.717, 1.165) is 32.7 Å². The van der Waals surface area contributed by atoms with Crippen molar-refractivity contribution in [1.82, 2.24) is 9.80 Å². The number of rotatable bonds is 7. The molecule has 1 aliphatic heterocycles. The van der Waals surface area contributed by atoms with Gasteiger partial charge in [-0.05, 0) is 36.6 Å². The van der Waals surface area contributed by atoms with Gasteiger partial charge in [0.15, 0.2) is 11.6 Å². The summed E-state index contributed by atoms with van der Waals surface area (Å²) in [7, 11) is 3.49. The highest BCUT2D eigenvalue weighted by Gasteiger charge is 2.24. The van der Waals surface area contributed by atoms with Crippen molar-refractivity contribution >= 4 is 5.91 Å². The van der Waals surface area contributed by atoms with E-state index in [-0.39, 0.29) is 12.3 Å². The second-order valence-electron chi connectivity index (χ2n) is 6.18. The molecule has 5 nitrogen and oxygen atoms in total. The van der Waals surface area contributed by atoms with Crippen LogP contribution in [0.1, 0.15) is 12.0 Å². The number of likely N-dealkylation sites (N-methyl/N-ethyl adjacent to an activating group) is 1. The van der Waals surface area contributed by atoms with Crippen LogP contribution in [-0.4, -0.2) is 67.8 Å². The molecule has 1 fully saturated rings. The molecule has 1 N–H and O–H groups in total. The lowest BCUT2D eigenvalue weighted by Crippen LogP contribution is -2.34. The van der Waals surface area contributed by atoms with Crippen LogP contribution in [0.15, 0.2) is 18.2 Å². The van der Waals surface area contributed by atoms with Gasteiger partial charge in [-0.25, -0.2) is 4.39 Å². The SMILES string of the molecule is COCCN1CC[C@H](CN(C)C(=O)Cc2ccc(O)c(F)c2)C1. The Kier molecular flexibility index (Phi) is 6.36. The Morgan fingerprint density at radius 3 is 3.00 bits per heavy atom. The van der Waals surface area contributed by atoms with Crippen molar-refractivity contribution in [2.24, 2.45) is 5.92 Å². The Bertz CT molecular complexity index is 539. The van der Waals surface area contributed by atoms with Crippen molar-refractivity contribution in [2.75, 3.05) is 46.9 Å². The fraction of sp³-hybridized carbons (Fsp3) is 0.588. The van der Waals surface area contributed by atoms with Gasteiger partial charge in [-0.2, -0.15) is 0 Å². The molecule has 1 aliphatic rings. The molecule has 0 bridgehead atoms. The molecule has 0 saturated carbocycles.